The van der Waals surface area contributed by atoms with E-state index in [0.29, 0.717) is 9.87 Å². The molecule has 0 aliphatic carbocycles. The number of sulfonamides is 1. The predicted octanol–water partition coefficient (Wildman–Crippen LogP) is 4.55. The molecule has 0 aliphatic rings. The second kappa shape index (κ2) is 9.12. The molecule has 0 fully saturated rings. The van der Waals surface area contributed by atoms with Crippen molar-refractivity contribution in [2.45, 2.75) is 35.8 Å². The lowest BCUT2D eigenvalue weighted by Gasteiger charge is -2.28. The van der Waals surface area contributed by atoms with Crippen LogP contribution in [0.3, 0.4) is 0 Å². The topological polar surface area (TPSA) is 80.5 Å². The van der Waals surface area contributed by atoms with Crippen LogP contribution in [-0.2, 0) is 21.4 Å². The smallest absolute Gasteiger partial charge is 0.368 e. The molecule has 0 bridgehead atoms. The average Bonchev–Trinajstić information content (AvgIpc) is 3.01. The number of alkyl halides is 3. The number of primary amides is 1. The van der Waals surface area contributed by atoms with Gasteiger partial charge in [0.15, 0.2) is 0 Å². The van der Waals surface area contributed by atoms with Gasteiger partial charge in [0.2, 0.25) is 5.91 Å². The van der Waals surface area contributed by atoms with E-state index in [9.17, 15) is 26.4 Å². The van der Waals surface area contributed by atoms with E-state index in [1.807, 2.05) is 0 Å². The molecule has 2 aromatic rings. The molecule has 154 valence electrons. The molecule has 0 spiro atoms. The fourth-order valence-corrected chi connectivity index (χ4v) is 5.90. The number of nitrogens with zero attached hydrogens (tertiary/aromatic N) is 1. The van der Waals surface area contributed by atoms with Gasteiger partial charge in [0.05, 0.1) is 4.34 Å². The molecule has 0 unspecified atom stereocenters. The molecule has 1 amide bonds. The normalized spacial score (nSPS) is 13.6. The summed E-state index contributed by atoms with van der Waals surface area (Å²) in [5.41, 5.74) is 5.76. The molecule has 0 saturated heterocycles. The van der Waals surface area contributed by atoms with Crippen molar-refractivity contribution in [2.75, 3.05) is 0 Å². The number of thiophene rings is 1. The van der Waals surface area contributed by atoms with Gasteiger partial charge in [0, 0.05) is 17.4 Å². The Morgan fingerprint density at radius 2 is 1.82 bits per heavy atom. The van der Waals surface area contributed by atoms with Crippen LogP contribution in [0, 0.1) is 0 Å². The van der Waals surface area contributed by atoms with E-state index in [4.69, 9.17) is 17.3 Å². The van der Waals surface area contributed by atoms with E-state index in [1.165, 1.54) is 12.1 Å². The molecule has 0 saturated carbocycles. The maximum absolute atomic E-state index is 13.1. The second-order valence-corrected chi connectivity index (χ2v) is 10.6. The van der Waals surface area contributed by atoms with Gasteiger partial charge in [-0.15, -0.1) is 11.3 Å². The maximum atomic E-state index is 13.1. The Bertz CT molecular complexity index is 933. The fourth-order valence-electron chi connectivity index (χ4n) is 2.41. The molecule has 1 atom stereocenters. The molecule has 1 aromatic heterocycles. The molecular formula is C16H15BrClF3N2O3S2. The van der Waals surface area contributed by atoms with Crippen molar-refractivity contribution in [1.29, 1.82) is 0 Å². The first-order valence-corrected chi connectivity index (χ1v) is 11.2. The first kappa shape index (κ1) is 23.1. The number of hydrogen-bond donors (Lipinski definition) is 1. The van der Waals surface area contributed by atoms with E-state index >= 15 is 0 Å². The quantitative estimate of drug-likeness (QED) is 0.556. The summed E-state index contributed by atoms with van der Waals surface area (Å²) in [6, 6.07) is 7.40. The Morgan fingerprint density at radius 3 is 2.29 bits per heavy atom. The first-order chi connectivity index (χ1) is 12.9. The standard InChI is InChI=1S/C16H15BrClF3N2O3S2/c17-11-3-1-10(2-4-11)9-23(12(15(22)24)7-8-16(19,20)21)28(25,26)14-6-5-13(18)27-14/h1-6,12H,7-9H2,(H2,22,24)/t12-/m1/s1. The summed E-state index contributed by atoms with van der Waals surface area (Å²) in [6.45, 7) is -0.323. The van der Waals surface area contributed by atoms with Crippen LogP contribution in [0.1, 0.15) is 18.4 Å². The van der Waals surface area contributed by atoms with Crippen LogP contribution in [0.4, 0.5) is 13.2 Å². The van der Waals surface area contributed by atoms with Crippen molar-refractivity contribution in [3.05, 3.63) is 50.8 Å². The van der Waals surface area contributed by atoms with Gasteiger partial charge in [0.25, 0.3) is 10.0 Å². The number of nitrogens with two attached hydrogens (primary N) is 1. The molecule has 5 nitrogen and oxygen atoms in total. The van der Waals surface area contributed by atoms with Crippen molar-refractivity contribution in [1.82, 2.24) is 4.31 Å². The monoisotopic (exact) mass is 518 g/mol. The van der Waals surface area contributed by atoms with Crippen LogP contribution in [0.5, 0.6) is 0 Å². The van der Waals surface area contributed by atoms with Gasteiger partial charge in [-0.05, 0) is 36.2 Å². The molecule has 2 rings (SSSR count). The van der Waals surface area contributed by atoms with E-state index in [0.717, 1.165) is 15.8 Å². The highest BCUT2D eigenvalue weighted by Gasteiger charge is 2.38. The third-order valence-electron chi connectivity index (χ3n) is 3.74. The molecule has 2 N–H and O–H groups in total. The number of benzene rings is 1. The minimum atomic E-state index is -4.56. The second-order valence-electron chi connectivity index (χ2n) is 5.81. The van der Waals surface area contributed by atoms with Gasteiger partial charge in [-0.1, -0.05) is 39.7 Å². The lowest BCUT2D eigenvalue weighted by atomic mass is 10.1. The molecule has 1 aromatic carbocycles. The Labute approximate surface area is 177 Å². The van der Waals surface area contributed by atoms with Crippen LogP contribution in [0.25, 0.3) is 0 Å². The molecule has 1 heterocycles. The Morgan fingerprint density at radius 1 is 1.21 bits per heavy atom. The number of amides is 1. The number of hydrogen-bond acceptors (Lipinski definition) is 4. The van der Waals surface area contributed by atoms with Crippen molar-refractivity contribution in [2.24, 2.45) is 5.73 Å². The molecule has 0 aliphatic heterocycles. The summed E-state index contributed by atoms with van der Waals surface area (Å²) in [7, 11) is -4.31. The molecule has 28 heavy (non-hydrogen) atoms. The van der Waals surface area contributed by atoms with E-state index in [2.05, 4.69) is 15.9 Å². The van der Waals surface area contributed by atoms with Gasteiger partial charge < -0.3 is 5.73 Å². The van der Waals surface area contributed by atoms with Crippen LogP contribution in [-0.4, -0.2) is 30.8 Å². The number of carbonyl (C=O) groups is 1. The summed E-state index contributed by atoms with van der Waals surface area (Å²) in [6.07, 6.45) is -6.70. The highest BCUT2D eigenvalue weighted by molar-refractivity contribution is 9.10. The fraction of sp³-hybridized carbons (Fsp3) is 0.312. The third kappa shape index (κ3) is 6.18. The summed E-state index contributed by atoms with van der Waals surface area (Å²) >= 11 is 9.79. The zero-order chi connectivity index (χ0) is 21.1. The van der Waals surface area contributed by atoms with Crippen molar-refractivity contribution in [3.8, 4) is 0 Å². The van der Waals surface area contributed by atoms with Crippen LogP contribution < -0.4 is 5.73 Å². The molecular weight excluding hydrogens is 505 g/mol. The summed E-state index contributed by atoms with van der Waals surface area (Å²) in [5, 5.41) is 0. The SMILES string of the molecule is NC(=O)[C@@H](CCC(F)(F)F)N(Cc1ccc(Br)cc1)S(=O)(=O)c1ccc(Cl)s1. The maximum Gasteiger partial charge on any atom is 0.389 e. The minimum absolute atomic E-state index is 0.187. The Kier molecular flexibility index (Phi) is 7.54. The Hall–Kier alpha value is -1.14. The average molecular weight is 520 g/mol. The van der Waals surface area contributed by atoms with E-state index in [-0.39, 0.29) is 15.1 Å². The van der Waals surface area contributed by atoms with Crippen molar-refractivity contribution >= 4 is 54.8 Å². The predicted molar refractivity (Wildman–Crippen MR) is 104 cm³/mol. The van der Waals surface area contributed by atoms with Crippen LogP contribution in [0.15, 0.2) is 45.1 Å². The van der Waals surface area contributed by atoms with Gasteiger partial charge in [-0.25, -0.2) is 8.42 Å². The number of carbonyl (C=O) groups excluding carboxylic acids is 1. The molecule has 0 radical (unpaired) electrons. The van der Waals surface area contributed by atoms with Crippen LogP contribution >= 0.6 is 38.9 Å². The van der Waals surface area contributed by atoms with Gasteiger partial charge in [-0.3, -0.25) is 4.79 Å². The highest BCUT2D eigenvalue weighted by Crippen LogP contribution is 2.32. The summed E-state index contributed by atoms with van der Waals surface area (Å²) in [4.78, 5) is 11.9. The lowest BCUT2D eigenvalue weighted by molar-refractivity contribution is -0.140. The summed E-state index contributed by atoms with van der Waals surface area (Å²) < 4.78 is 65.7. The van der Waals surface area contributed by atoms with Gasteiger partial charge in [0.1, 0.15) is 10.3 Å². The van der Waals surface area contributed by atoms with Crippen molar-refractivity contribution < 1.29 is 26.4 Å². The Balaban J connectivity index is 2.46. The van der Waals surface area contributed by atoms with Crippen LogP contribution in [0.2, 0.25) is 4.34 Å². The zero-order valence-electron chi connectivity index (χ0n) is 14.1. The highest BCUT2D eigenvalue weighted by atomic mass is 79.9. The first-order valence-electron chi connectivity index (χ1n) is 7.78. The van der Waals surface area contributed by atoms with Gasteiger partial charge in [-0.2, -0.15) is 17.5 Å². The summed E-state index contributed by atoms with van der Waals surface area (Å²) in [5.74, 6) is -1.16. The zero-order valence-corrected chi connectivity index (χ0v) is 18.1. The van der Waals surface area contributed by atoms with Gasteiger partial charge >= 0.3 is 6.18 Å². The third-order valence-corrected chi connectivity index (χ3v) is 7.82. The van der Waals surface area contributed by atoms with Crippen molar-refractivity contribution in [3.63, 3.8) is 0 Å². The number of halogens is 5. The largest absolute Gasteiger partial charge is 0.389 e. The lowest BCUT2D eigenvalue weighted by Crippen LogP contribution is -2.47. The number of rotatable bonds is 8. The minimum Gasteiger partial charge on any atom is -0.368 e. The molecule has 12 heteroatoms. The van der Waals surface area contributed by atoms with E-state index < -0.39 is 41.0 Å². The van der Waals surface area contributed by atoms with E-state index in [1.54, 1.807) is 24.3 Å².